The molecule has 20 heavy (non-hydrogen) atoms. The van der Waals surface area contributed by atoms with Crippen molar-refractivity contribution in [2.24, 2.45) is 11.8 Å². The van der Waals surface area contributed by atoms with Crippen molar-refractivity contribution < 1.29 is 0 Å². The van der Waals surface area contributed by atoms with Crippen LogP contribution in [-0.2, 0) is 0 Å². The van der Waals surface area contributed by atoms with E-state index in [1.165, 1.54) is 17.7 Å². The van der Waals surface area contributed by atoms with Crippen molar-refractivity contribution in [3.8, 4) is 0 Å². The minimum Gasteiger partial charge on any atom is -0.365 e. The molecule has 0 amide bonds. The molecule has 0 radical (unpaired) electrons. The third-order valence-corrected chi connectivity index (χ3v) is 4.82. The normalized spacial score (nSPS) is 25.0. The lowest BCUT2D eigenvalue weighted by atomic mass is 9.91. The highest BCUT2D eigenvalue weighted by Gasteiger charge is 2.31. The summed E-state index contributed by atoms with van der Waals surface area (Å²) in [5.74, 6) is 1.40. The first-order valence-corrected chi connectivity index (χ1v) is 8.09. The summed E-state index contributed by atoms with van der Waals surface area (Å²) in [7, 11) is 0. The second-order valence-electron chi connectivity index (χ2n) is 6.70. The SMILES string of the molecule is CCC(C)C1CN(c2cccc(C)c2)C(C(C)C)CN1. The van der Waals surface area contributed by atoms with E-state index in [9.17, 15) is 0 Å². The van der Waals surface area contributed by atoms with Crippen molar-refractivity contribution in [1.82, 2.24) is 5.32 Å². The van der Waals surface area contributed by atoms with E-state index in [4.69, 9.17) is 0 Å². The Morgan fingerprint density at radius 2 is 2.05 bits per heavy atom. The fourth-order valence-electron chi connectivity index (χ4n) is 3.16. The number of nitrogens with zero attached hydrogens (tertiary/aromatic N) is 1. The Balaban J connectivity index is 2.23. The highest BCUT2D eigenvalue weighted by molar-refractivity contribution is 5.50. The molecule has 112 valence electrons. The summed E-state index contributed by atoms with van der Waals surface area (Å²) in [6.07, 6.45) is 1.24. The van der Waals surface area contributed by atoms with E-state index in [-0.39, 0.29) is 0 Å². The molecule has 2 heteroatoms. The van der Waals surface area contributed by atoms with Crippen LogP contribution in [0.15, 0.2) is 24.3 Å². The third-order valence-electron chi connectivity index (χ3n) is 4.82. The van der Waals surface area contributed by atoms with Crippen LogP contribution in [0.1, 0.15) is 39.7 Å². The molecule has 2 nitrogen and oxygen atoms in total. The molecule has 1 fully saturated rings. The van der Waals surface area contributed by atoms with Crippen LogP contribution in [0.5, 0.6) is 0 Å². The molecule has 3 atom stereocenters. The minimum absolute atomic E-state index is 0.595. The third kappa shape index (κ3) is 3.35. The molecule has 1 aromatic rings. The van der Waals surface area contributed by atoms with Crippen molar-refractivity contribution in [2.75, 3.05) is 18.0 Å². The fourth-order valence-corrected chi connectivity index (χ4v) is 3.16. The van der Waals surface area contributed by atoms with Gasteiger partial charge in [-0.05, 0) is 36.5 Å². The summed E-state index contributed by atoms with van der Waals surface area (Å²) < 4.78 is 0. The Bertz CT molecular complexity index is 427. The van der Waals surface area contributed by atoms with Gasteiger partial charge < -0.3 is 10.2 Å². The standard InChI is InChI=1S/C18H30N2/c1-6-15(5)17-12-20(18(11-19-17)13(2)3)16-9-7-8-14(4)10-16/h7-10,13,15,17-19H,6,11-12H2,1-5H3. The monoisotopic (exact) mass is 274 g/mol. The number of benzene rings is 1. The smallest absolute Gasteiger partial charge is 0.0438 e. The van der Waals surface area contributed by atoms with Gasteiger partial charge in [-0.1, -0.05) is 46.2 Å². The molecule has 0 bridgehead atoms. The van der Waals surface area contributed by atoms with Crippen LogP contribution in [-0.4, -0.2) is 25.2 Å². The molecule has 0 saturated carbocycles. The van der Waals surface area contributed by atoms with Crippen LogP contribution in [0.2, 0.25) is 0 Å². The Morgan fingerprint density at radius 1 is 1.30 bits per heavy atom. The quantitative estimate of drug-likeness (QED) is 0.897. The van der Waals surface area contributed by atoms with Gasteiger partial charge in [-0.25, -0.2) is 0 Å². The zero-order valence-electron chi connectivity index (χ0n) is 13.7. The number of hydrogen-bond acceptors (Lipinski definition) is 2. The van der Waals surface area contributed by atoms with Gasteiger partial charge in [0, 0.05) is 30.9 Å². The van der Waals surface area contributed by atoms with E-state index < -0.39 is 0 Å². The van der Waals surface area contributed by atoms with Crippen molar-refractivity contribution in [3.05, 3.63) is 29.8 Å². The summed E-state index contributed by atoms with van der Waals surface area (Å²) in [5.41, 5.74) is 2.74. The van der Waals surface area contributed by atoms with Gasteiger partial charge in [0.2, 0.25) is 0 Å². The molecular formula is C18H30N2. The highest BCUT2D eigenvalue weighted by atomic mass is 15.2. The molecule has 1 N–H and O–H groups in total. The topological polar surface area (TPSA) is 15.3 Å². The number of rotatable bonds is 4. The van der Waals surface area contributed by atoms with Crippen molar-refractivity contribution in [3.63, 3.8) is 0 Å². The van der Waals surface area contributed by atoms with Gasteiger partial charge in [-0.15, -0.1) is 0 Å². The van der Waals surface area contributed by atoms with Gasteiger partial charge in [-0.2, -0.15) is 0 Å². The van der Waals surface area contributed by atoms with Crippen LogP contribution in [0.4, 0.5) is 5.69 Å². The zero-order valence-corrected chi connectivity index (χ0v) is 13.7. The van der Waals surface area contributed by atoms with Gasteiger partial charge in [-0.3, -0.25) is 0 Å². The average Bonchev–Trinajstić information content (AvgIpc) is 2.45. The number of nitrogens with one attached hydrogen (secondary N) is 1. The lowest BCUT2D eigenvalue weighted by Crippen LogP contribution is -2.60. The Hall–Kier alpha value is -1.02. The Morgan fingerprint density at radius 3 is 2.65 bits per heavy atom. The summed E-state index contributed by atoms with van der Waals surface area (Å²) in [4.78, 5) is 2.63. The summed E-state index contributed by atoms with van der Waals surface area (Å²) in [6.45, 7) is 13.7. The van der Waals surface area contributed by atoms with Gasteiger partial charge in [0.25, 0.3) is 0 Å². The van der Waals surface area contributed by atoms with E-state index in [1.54, 1.807) is 0 Å². The zero-order chi connectivity index (χ0) is 14.7. The lowest BCUT2D eigenvalue weighted by Gasteiger charge is -2.45. The molecule has 1 heterocycles. The Kier molecular flexibility index (Phi) is 5.09. The molecule has 0 aliphatic carbocycles. The summed E-state index contributed by atoms with van der Waals surface area (Å²) in [6, 6.07) is 10.2. The summed E-state index contributed by atoms with van der Waals surface area (Å²) in [5, 5.41) is 3.77. The van der Waals surface area contributed by atoms with Crippen LogP contribution in [0, 0.1) is 18.8 Å². The lowest BCUT2D eigenvalue weighted by molar-refractivity contribution is 0.281. The molecule has 1 aliphatic rings. The molecule has 0 aromatic heterocycles. The van der Waals surface area contributed by atoms with Crippen molar-refractivity contribution >= 4 is 5.69 Å². The maximum atomic E-state index is 3.77. The Labute approximate surface area is 124 Å². The second-order valence-corrected chi connectivity index (χ2v) is 6.70. The first-order valence-electron chi connectivity index (χ1n) is 8.09. The van der Waals surface area contributed by atoms with E-state index in [0.717, 1.165) is 19.0 Å². The molecular weight excluding hydrogens is 244 g/mol. The minimum atomic E-state index is 0.595. The molecule has 1 aromatic carbocycles. The van der Waals surface area contributed by atoms with Crippen LogP contribution in [0.25, 0.3) is 0 Å². The van der Waals surface area contributed by atoms with E-state index >= 15 is 0 Å². The van der Waals surface area contributed by atoms with Gasteiger partial charge in [0.15, 0.2) is 0 Å². The number of piperazine rings is 1. The molecule has 2 rings (SSSR count). The van der Waals surface area contributed by atoms with Crippen LogP contribution >= 0.6 is 0 Å². The van der Waals surface area contributed by atoms with Crippen molar-refractivity contribution in [1.29, 1.82) is 0 Å². The molecule has 3 unspecified atom stereocenters. The number of anilines is 1. The molecule has 0 spiro atoms. The maximum Gasteiger partial charge on any atom is 0.0438 e. The van der Waals surface area contributed by atoms with E-state index in [0.29, 0.717) is 18.0 Å². The first-order chi connectivity index (χ1) is 9.52. The summed E-state index contributed by atoms with van der Waals surface area (Å²) >= 11 is 0. The van der Waals surface area contributed by atoms with Gasteiger partial charge >= 0.3 is 0 Å². The predicted molar refractivity (Wildman–Crippen MR) is 88.4 cm³/mol. The van der Waals surface area contributed by atoms with Gasteiger partial charge in [0.1, 0.15) is 0 Å². The average molecular weight is 274 g/mol. The second kappa shape index (κ2) is 6.62. The number of aryl methyl sites for hydroxylation is 1. The highest BCUT2D eigenvalue weighted by Crippen LogP contribution is 2.26. The maximum absolute atomic E-state index is 3.77. The molecule has 1 aliphatic heterocycles. The van der Waals surface area contributed by atoms with E-state index in [2.05, 4.69) is 69.1 Å². The largest absolute Gasteiger partial charge is 0.365 e. The fraction of sp³-hybridized carbons (Fsp3) is 0.667. The van der Waals surface area contributed by atoms with Gasteiger partial charge in [0.05, 0.1) is 0 Å². The van der Waals surface area contributed by atoms with Crippen LogP contribution < -0.4 is 10.2 Å². The number of hydrogen-bond donors (Lipinski definition) is 1. The van der Waals surface area contributed by atoms with E-state index in [1.807, 2.05) is 0 Å². The first kappa shape index (κ1) is 15.4. The predicted octanol–water partition coefficient (Wildman–Crippen LogP) is 3.84. The van der Waals surface area contributed by atoms with Crippen LogP contribution in [0.3, 0.4) is 0 Å². The van der Waals surface area contributed by atoms with Crippen molar-refractivity contribution in [2.45, 2.75) is 53.1 Å². The molecule has 1 saturated heterocycles.